The van der Waals surface area contributed by atoms with Gasteiger partial charge in [-0.15, -0.1) is 0 Å². The Morgan fingerprint density at radius 1 is 0.870 bits per heavy atom. The first-order chi connectivity index (χ1) is 22.3. The Labute approximate surface area is 263 Å². The number of rotatable bonds is 8. The molecule has 3 aromatic carbocycles. The molecule has 12 heteroatoms. The number of carbonyl (C=O) groups excluding carboxylic acids is 2. The molecule has 2 fully saturated rings. The zero-order valence-corrected chi connectivity index (χ0v) is 25.0. The van der Waals surface area contributed by atoms with Gasteiger partial charge in [-0.3, -0.25) is 14.2 Å². The number of amides is 2. The molecule has 7 rings (SSSR count). The maximum atomic E-state index is 13.9. The van der Waals surface area contributed by atoms with E-state index in [0.717, 1.165) is 10.5 Å². The highest BCUT2D eigenvalue weighted by atomic mass is 19.1. The standard InChI is InChI=1S/C34H30FN5O6/c1-34(2)45-27-25(18-43-17-21-13-15-24(35)16-14-21)44-33(28(27)46-34)39-20-38-26-29(39)36-19-37-30(26)40(31(41)22-9-5-3-6-10-22)32(42)23-11-7-4-8-12-23/h3-16,19-20,25,27-28,33H,17-18H2,1-2H3/t25-,27-,28-,33-/m1/s1. The van der Waals surface area contributed by atoms with Gasteiger partial charge in [0.2, 0.25) is 0 Å². The third kappa shape index (κ3) is 5.67. The molecule has 2 saturated heterocycles. The van der Waals surface area contributed by atoms with Gasteiger partial charge in [0.25, 0.3) is 11.8 Å². The van der Waals surface area contributed by atoms with E-state index in [-0.39, 0.29) is 30.4 Å². The smallest absolute Gasteiger partial charge is 0.266 e. The van der Waals surface area contributed by atoms with Crippen molar-refractivity contribution in [3.63, 3.8) is 0 Å². The number of aromatic nitrogens is 4. The Morgan fingerprint density at radius 2 is 1.50 bits per heavy atom. The van der Waals surface area contributed by atoms with Gasteiger partial charge >= 0.3 is 0 Å². The van der Waals surface area contributed by atoms with E-state index in [1.54, 1.807) is 77.4 Å². The van der Waals surface area contributed by atoms with E-state index in [4.69, 9.17) is 18.9 Å². The van der Waals surface area contributed by atoms with Gasteiger partial charge in [0, 0.05) is 11.1 Å². The normalized spacial score (nSPS) is 21.7. The van der Waals surface area contributed by atoms with Gasteiger partial charge in [0.15, 0.2) is 29.0 Å². The predicted molar refractivity (Wildman–Crippen MR) is 163 cm³/mol. The van der Waals surface area contributed by atoms with Crippen LogP contribution in [-0.2, 0) is 25.6 Å². The molecular weight excluding hydrogens is 593 g/mol. The van der Waals surface area contributed by atoms with Crippen molar-refractivity contribution in [3.05, 3.63) is 120 Å². The summed E-state index contributed by atoms with van der Waals surface area (Å²) in [6.07, 6.45) is 0.569. The average molecular weight is 624 g/mol. The van der Waals surface area contributed by atoms with Crippen LogP contribution in [0.4, 0.5) is 10.2 Å². The number of halogens is 1. The van der Waals surface area contributed by atoms with Crippen molar-refractivity contribution in [1.29, 1.82) is 0 Å². The molecule has 0 radical (unpaired) electrons. The van der Waals surface area contributed by atoms with Crippen LogP contribution in [-0.4, -0.2) is 62.0 Å². The second-order valence-corrected chi connectivity index (χ2v) is 11.5. The molecule has 46 heavy (non-hydrogen) atoms. The van der Waals surface area contributed by atoms with Crippen LogP contribution in [0.5, 0.6) is 0 Å². The lowest BCUT2D eigenvalue weighted by atomic mass is 10.1. The number of benzene rings is 3. The quantitative estimate of drug-likeness (QED) is 0.218. The minimum absolute atomic E-state index is 0.0316. The Balaban J connectivity index is 1.21. The van der Waals surface area contributed by atoms with Gasteiger partial charge in [0.05, 0.1) is 19.5 Å². The molecule has 0 N–H and O–H groups in total. The molecule has 11 nitrogen and oxygen atoms in total. The fourth-order valence-corrected chi connectivity index (χ4v) is 5.78. The molecule has 0 aliphatic carbocycles. The molecule has 2 aliphatic rings. The number of imidazole rings is 1. The zero-order valence-electron chi connectivity index (χ0n) is 25.0. The summed E-state index contributed by atoms with van der Waals surface area (Å²) in [6, 6.07) is 23.1. The topological polar surface area (TPSA) is 118 Å². The fraction of sp³-hybridized carbons (Fsp3) is 0.265. The average Bonchev–Trinajstić information content (AvgIpc) is 3.74. The summed E-state index contributed by atoms with van der Waals surface area (Å²) in [5.74, 6) is -2.29. The zero-order chi connectivity index (χ0) is 31.8. The SMILES string of the molecule is CC1(C)O[C@@H]2[C@H](O1)[C@@H](COCc1ccc(F)cc1)O[C@H]2n1cnc2c(N(C(=O)c3ccccc3)C(=O)c3ccccc3)ncnc21. The van der Waals surface area contributed by atoms with Crippen LogP contribution < -0.4 is 4.90 Å². The third-order valence-corrected chi connectivity index (χ3v) is 7.86. The van der Waals surface area contributed by atoms with Gasteiger partial charge in [-0.25, -0.2) is 24.2 Å². The van der Waals surface area contributed by atoms with E-state index in [9.17, 15) is 14.0 Å². The molecule has 5 aromatic rings. The van der Waals surface area contributed by atoms with E-state index in [1.807, 2.05) is 13.8 Å². The Hall–Kier alpha value is -4.88. The molecule has 2 amide bonds. The molecule has 4 atom stereocenters. The Morgan fingerprint density at radius 3 is 2.15 bits per heavy atom. The van der Waals surface area contributed by atoms with Crippen molar-refractivity contribution in [2.75, 3.05) is 11.5 Å². The number of imide groups is 1. The van der Waals surface area contributed by atoms with E-state index in [0.29, 0.717) is 16.8 Å². The molecule has 0 bridgehead atoms. The van der Waals surface area contributed by atoms with Crippen LogP contribution in [0.1, 0.15) is 46.4 Å². The van der Waals surface area contributed by atoms with E-state index < -0.39 is 42.1 Å². The van der Waals surface area contributed by atoms with Crippen molar-refractivity contribution >= 4 is 28.8 Å². The first-order valence-corrected chi connectivity index (χ1v) is 14.8. The van der Waals surface area contributed by atoms with Crippen LogP contribution in [0.25, 0.3) is 11.2 Å². The highest BCUT2D eigenvalue weighted by Gasteiger charge is 2.56. The highest BCUT2D eigenvalue weighted by Crippen LogP contribution is 2.44. The van der Waals surface area contributed by atoms with E-state index >= 15 is 0 Å². The van der Waals surface area contributed by atoms with Crippen LogP contribution in [0.15, 0.2) is 97.6 Å². The summed E-state index contributed by atoms with van der Waals surface area (Å²) >= 11 is 0. The third-order valence-electron chi connectivity index (χ3n) is 7.86. The molecular formula is C34H30FN5O6. The van der Waals surface area contributed by atoms with Crippen molar-refractivity contribution in [3.8, 4) is 0 Å². The second kappa shape index (κ2) is 12.1. The number of nitrogens with zero attached hydrogens (tertiary/aromatic N) is 5. The number of anilines is 1. The van der Waals surface area contributed by atoms with Gasteiger partial charge in [-0.2, -0.15) is 0 Å². The molecule has 2 aromatic heterocycles. The molecule has 0 unspecified atom stereocenters. The van der Waals surface area contributed by atoms with Gasteiger partial charge < -0.3 is 18.9 Å². The monoisotopic (exact) mass is 623 g/mol. The number of ether oxygens (including phenoxy) is 4. The lowest BCUT2D eigenvalue weighted by Crippen LogP contribution is -2.38. The number of carbonyl (C=O) groups is 2. The minimum Gasteiger partial charge on any atom is -0.374 e. The maximum absolute atomic E-state index is 13.9. The van der Waals surface area contributed by atoms with E-state index in [1.165, 1.54) is 24.8 Å². The van der Waals surface area contributed by atoms with Crippen molar-refractivity contribution < 1.29 is 32.9 Å². The van der Waals surface area contributed by atoms with Crippen LogP contribution in [0, 0.1) is 5.82 Å². The molecule has 234 valence electrons. The molecule has 4 heterocycles. The Kier molecular flexibility index (Phi) is 7.87. The summed E-state index contributed by atoms with van der Waals surface area (Å²) in [6.45, 7) is 4.10. The maximum Gasteiger partial charge on any atom is 0.266 e. The van der Waals surface area contributed by atoms with Gasteiger partial charge in [0.1, 0.15) is 30.5 Å². The van der Waals surface area contributed by atoms with Crippen LogP contribution in [0.3, 0.4) is 0 Å². The molecule has 0 spiro atoms. The highest BCUT2D eigenvalue weighted by molar-refractivity contribution is 6.27. The first kappa shape index (κ1) is 29.8. The van der Waals surface area contributed by atoms with Crippen molar-refractivity contribution in [2.24, 2.45) is 0 Å². The van der Waals surface area contributed by atoms with E-state index in [2.05, 4.69) is 15.0 Å². The molecule has 2 aliphatic heterocycles. The summed E-state index contributed by atoms with van der Waals surface area (Å²) in [4.78, 5) is 42.2. The summed E-state index contributed by atoms with van der Waals surface area (Å²) < 4.78 is 39.9. The summed E-state index contributed by atoms with van der Waals surface area (Å²) in [7, 11) is 0. The van der Waals surface area contributed by atoms with Crippen LogP contribution in [0.2, 0.25) is 0 Å². The lowest BCUT2D eigenvalue weighted by Gasteiger charge is -2.25. The van der Waals surface area contributed by atoms with Crippen molar-refractivity contribution in [1.82, 2.24) is 19.5 Å². The van der Waals surface area contributed by atoms with Gasteiger partial charge in [-0.1, -0.05) is 48.5 Å². The number of fused-ring (bicyclic) bond motifs is 2. The summed E-state index contributed by atoms with van der Waals surface area (Å²) in [5.41, 5.74) is 2.00. The minimum atomic E-state index is -0.885. The Bertz CT molecular complexity index is 1820. The largest absolute Gasteiger partial charge is 0.374 e. The lowest BCUT2D eigenvalue weighted by molar-refractivity contribution is -0.202. The fourth-order valence-electron chi connectivity index (χ4n) is 5.78. The predicted octanol–water partition coefficient (Wildman–Crippen LogP) is 5.09. The van der Waals surface area contributed by atoms with Crippen molar-refractivity contribution in [2.45, 2.75) is 50.8 Å². The second-order valence-electron chi connectivity index (χ2n) is 11.5. The number of hydrogen-bond donors (Lipinski definition) is 0. The molecule has 0 saturated carbocycles. The summed E-state index contributed by atoms with van der Waals surface area (Å²) in [5, 5.41) is 0. The first-order valence-electron chi connectivity index (χ1n) is 14.8. The number of hydrogen-bond acceptors (Lipinski definition) is 9. The van der Waals surface area contributed by atoms with Crippen LogP contribution >= 0.6 is 0 Å². The van der Waals surface area contributed by atoms with Gasteiger partial charge in [-0.05, 0) is 55.8 Å².